The fourth-order valence-corrected chi connectivity index (χ4v) is 8.11. The first-order chi connectivity index (χ1) is 14.4. The largest absolute Gasteiger partial charge is 0.380 e. The van der Waals surface area contributed by atoms with Crippen molar-refractivity contribution in [1.82, 2.24) is 0 Å². The molecule has 31 heavy (non-hydrogen) atoms. The lowest BCUT2D eigenvalue weighted by molar-refractivity contribution is -0.227. The molecule has 1 N–H and O–H groups in total. The van der Waals surface area contributed by atoms with E-state index in [0.29, 0.717) is 18.2 Å². The Morgan fingerprint density at radius 2 is 2.00 bits per heavy atom. The van der Waals surface area contributed by atoms with Crippen molar-refractivity contribution in [2.45, 2.75) is 63.6 Å². The van der Waals surface area contributed by atoms with E-state index in [4.69, 9.17) is 4.74 Å². The van der Waals surface area contributed by atoms with E-state index in [1.54, 1.807) is 20.8 Å². The third-order valence-electron chi connectivity index (χ3n) is 8.97. The zero-order valence-corrected chi connectivity index (χ0v) is 19.0. The Hall–Kier alpha value is -1.12. The Kier molecular flexibility index (Phi) is 5.35. The van der Waals surface area contributed by atoms with Gasteiger partial charge in [-0.15, -0.1) is 0 Å². The van der Waals surface area contributed by atoms with Gasteiger partial charge >= 0.3 is 0 Å². The van der Waals surface area contributed by atoms with Crippen LogP contribution in [0.3, 0.4) is 0 Å². The van der Waals surface area contributed by atoms with Gasteiger partial charge in [0.2, 0.25) is 5.12 Å². The van der Waals surface area contributed by atoms with Gasteiger partial charge in [-0.05, 0) is 55.7 Å². The number of methoxy groups -OCH3 is 1. The first-order valence-corrected chi connectivity index (χ1v) is 11.7. The molecule has 0 aliphatic heterocycles. The number of thioether (sulfide) groups is 1. The smallest absolute Gasteiger partial charge is 0.223 e. The molecule has 172 valence electrons. The summed E-state index contributed by atoms with van der Waals surface area (Å²) in [5, 5.41) is 10.9. The van der Waals surface area contributed by atoms with Crippen LogP contribution >= 0.6 is 11.8 Å². The second-order valence-electron chi connectivity index (χ2n) is 10.0. The highest BCUT2D eigenvalue weighted by molar-refractivity contribution is 8.13. The Bertz CT molecular complexity index is 877. The van der Waals surface area contributed by atoms with E-state index in [-0.39, 0.29) is 24.2 Å². The van der Waals surface area contributed by atoms with Gasteiger partial charge < -0.3 is 9.84 Å². The third-order valence-corrected chi connectivity index (χ3v) is 9.65. The third kappa shape index (κ3) is 2.64. The minimum atomic E-state index is -2.03. The van der Waals surface area contributed by atoms with Crippen molar-refractivity contribution in [3.8, 4) is 0 Å². The van der Waals surface area contributed by atoms with Crippen molar-refractivity contribution in [2.24, 2.45) is 28.6 Å². The number of hydrogen-bond acceptors (Lipinski definition) is 5. The number of rotatable bonds is 3. The summed E-state index contributed by atoms with van der Waals surface area (Å²) in [5.74, 6) is -2.26. The first-order valence-electron chi connectivity index (χ1n) is 10.7. The fourth-order valence-electron chi connectivity index (χ4n) is 7.35. The fraction of sp³-hybridized carbons (Fsp3) is 0.739. The molecule has 8 heteroatoms. The molecule has 3 fully saturated rings. The summed E-state index contributed by atoms with van der Waals surface area (Å²) in [6, 6.07) is -0.962. The lowest BCUT2D eigenvalue weighted by Crippen LogP contribution is -2.70. The van der Waals surface area contributed by atoms with Crippen LogP contribution in [0.1, 0.15) is 40.0 Å². The molecule has 0 heterocycles. The Morgan fingerprint density at radius 1 is 1.32 bits per heavy atom. The number of hydrogen-bond donors (Lipinski definition) is 1. The molecule has 0 spiro atoms. The van der Waals surface area contributed by atoms with Crippen LogP contribution in [-0.2, 0) is 14.3 Å². The molecule has 0 aromatic carbocycles. The Labute approximate surface area is 184 Å². The van der Waals surface area contributed by atoms with Crippen LogP contribution in [0.25, 0.3) is 0 Å². The van der Waals surface area contributed by atoms with Gasteiger partial charge in [0.25, 0.3) is 0 Å². The van der Waals surface area contributed by atoms with Crippen LogP contribution in [0.4, 0.5) is 13.2 Å². The lowest BCUT2D eigenvalue weighted by Gasteiger charge is -2.63. The zero-order valence-electron chi connectivity index (χ0n) is 18.2. The molecule has 0 bridgehead atoms. The van der Waals surface area contributed by atoms with Crippen molar-refractivity contribution in [2.75, 3.05) is 13.1 Å². The molecule has 4 rings (SSSR count). The SMILES string of the molecule is CO[C@H]1C[C@@]2(C)[C@@H](C[C@@H](C)[C@]2(O)C(=O)SCF)[C@@H]2C[C@H](F)C3=CC(=O)C=C[C@]3(C)[C@@]12F. The van der Waals surface area contributed by atoms with Crippen LogP contribution in [-0.4, -0.2) is 52.7 Å². The topological polar surface area (TPSA) is 63.6 Å². The van der Waals surface area contributed by atoms with Crippen molar-refractivity contribution in [1.29, 1.82) is 0 Å². The summed E-state index contributed by atoms with van der Waals surface area (Å²) in [5.41, 5.74) is -6.26. The van der Waals surface area contributed by atoms with Crippen LogP contribution in [0, 0.1) is 28.6 Å². The average Bonchev–Trinajstić information content (AvgIpc) is 2.92. The number of fused-ring (bicyclic) bond motifs is 5. The zero-order chi connectivity index (χ0) is 23.0. The van der Waals surface area contributed by atoms with E-state index in [2.05, 4.69) is 0 Å². The van der Waals surface area contributed by atoms with Crippen molar-refractivity contribution >= 4 is 22.7 Å². The maximum atomic E-state index is 17.3. The summed E-state index contributed by atoms with van der Waals surface area (Å²) in [6.45, 7) is 5.04. The van der Waals surface area contributed by atoms with Crippen LogP contribution in [0.2, 0.25) is 0 Å². The second-order valence-corrected chi connectivity index (χ2v) is 10.9. The molecule has 3 saturated carbocycles. The highest BCUT2D eigenvalue weighted by Crippen LogP contribution is 2.71. The van der Waals surface area contributed by atoms with Crippen LogP contribution in [0.5, 0.6) is 0 Å². The van der Waals surface area contributed by atoms with E-state index in [1.807, 2.05) is 0 Å². The summed E-state index contributed by atoms with van der Waals surface area (Å²) in [6.07, 6.45) is 1.54. The molecule has 4 nitrogen and oxygen atoms in total. The lowest BCUT2D eigenvalue weighted by atomic mass is 9.44. The van der Waals surface area contributed by atoms with E-state index in [9.17, 15) is 19.1 Å². The van der Waals surface area contributed by atoms with Gasteiger partial charge in [0.15, 0.2) is 11.5 Å². The molecule has 9 atom stereocenters. The van der Waals surface area contributed by atoms with Gasteiger partial charge in [0.05, 0.1) is 6.10 Å². The molecule has 0 unspecified atom stereocenters. The van der Waals surface area contributed by atoms with Crippen LogP contribution < -0.4 is 0 Å². The second kappa shape index (κ2) is 7.19. The normalized spacial score (nSPS) is 51.0. The monoisotopic (exact) mass is 458 g/mol. The van der Waals surface area contributed by atoms with Gasteiger partial charge in [0.1, 0.15) is 17.8 Å². The minimum Gasteiger partial charge on any atom is -0.380 e. The Balaban J connectivity index is 1.87. The number of carbonyl (C=O) groups is 2. The minimum absolute atomic E-state index is 0.0300. The summed E-state index contributed by atoms with van der Waals surface area (Å²) in [4.78, 5) is 24.8. The molecule has 0 saturated heterocycles. The number of allylic oxidation sites excluding steroid dienone is 4. The van der Waals surface area contributed by atoms with E-state index in [1.165, 1.54) is 25.3 Å². The maximum absolute atomic E-state index is 17.3. The van der Waals surface area contributed by atoms with E-state index >= 15 is 8.78 Å². The highest BCUT2D eigenvalue weighted by Gasteiger charge is 2.77. The summed E-state index contributed by atoms with van der Waals surface area (Å²) < 4.78 is 51.4. The summed E-state index contributed by atoms with van der Waals surface area (Å²) >= 11 is 0.419. The van der Waals surface area contributed by atoms with Gasteiger partial charge in [-0.1, -0.05) is 31.7 Å². The number of carbonyl (C=O) groups excluding carboxylic acids is 2. The van der Waals surface area contributed by atoms with Gasteiger partial charge in [-0.25, -0.2) is 13.2 Å². The van der Waals surface area contributed by atoms with Crippen molar-refractivity contribution in [3.05, 3.63) is 23.8 Å². The quantitative estimate of drug-likeness (QED) is 0.689. The van der Waals surface area contributed by atoms with Crippen molar-refractivity contribution < 1.29 is 32.6 Å². The predicted molar refractivity (Wildman–Crippen MR) is 111 cm³/mol. The average molecular weight is 459 g/mol. The number of halogens is 3. The molecule has 4 aliphatic carbocycles. The predicted octanol–water partition coefficient (Wildman–Crippen LogP) is 4.12. The molecule has 4 aliphatic rings. The van der Waals surface area contributed by atoms with Gasteiger partial charge in [0, 0.05) is 23.9 Å². The Morgan fingerprint density at radius 3 is 2.61 bits per heavy atom. The van der Waals surface area contributed by atoms with Crippen molar-refractivity contribution in [3.63, 3.8) is 0 Å². The number of ketones is 1. The number of alkyl halides is 3. The molecule has 0 radical (unpaired) electrons. The molecule has 0 aromatic heterocycles. The highest BCUT2D eigenvalue weighted by atomic mass is 32.2. The van der Waals surface area contributed by atoms with Crippen LogP contribution in [0.15, 0.2) is 23.8 Å². The molecule has 0 amide bonds. The molecular formula is C23H29F3O4S. The van der Waals surface area contributed by atoms with Gasteiger partial charge in [-0.2, -0.15) is 0 Å². The van der Waals surface area contributed by atoms with E-state index in [0.717, 1.165) is 0 Å². The number of aliphatic hydroxyl groups is 1. The van der Waals surface area contributed by atoms with E-state index < -0.39 is 63.3 Å². The molecular weight excluding hydrogens is 429 g/mol. The maximum Gasteiger partial charge on any atom is 0.223 e. The standard InChI is InChI=1S/C23H29F3O4S/c1-12-7-14-15-9-17(25)16-8-13(27)5-6-20(16,2)22(15,26)18(30-4)10-21(14,3)23(12,29)19(28)31-11-24/h5-6,8,12,14-15,17-18,29H,7,9-11H2,1-4H3/t12-,14+,15+,17+,18+,20+,21+,22+,23+/m1/s1. The number of ether oxygens (including phenoxy) is 1. The first kappa shape index (κ1) is 23.1. The summed E-state index contributed by atoms with van der Waals surface area (Å²) in [7, 11) is 1.37. The molecule has 0 aromatic rings. The van der Waals surface area contributed by atoms with Gasteiger partial charge in [-0.3, -0.25) is 9.59 Å².